The number of fused-ring (bicyclic) bond motifs is 2. The van der Waals surface area contributed by atoms with Crippen molar-refractivity contribution in [2.45, 2.75) is 102 Å². The van der Waals surface area contributed by atoms with Crippen LogP contribution in [0, 0.1) is 39.5 Å². The van der Waals surface area contributed by atoms with Crippen LogP contribution in [0.1, 0.15) is 79.5 Å². The Bertz CT molecular complexity index is 2010. The number of benzene rings is 4. The third-order valence-corrected chi connectivity index (χ3v) is 39.5. The van der Waals surface area contributed by atoms with E-state index in [1.54, 1.807) is 0 Å². The minimum atomic E-state index is -5.33. The Morgan fingerprint density at radius 2 is 0.887 bits per heavy atom. The summed E-state index contributed by atoms with van der Waals surface area (Å²) in [6, 6.07) is 27.4. The predicted molar refractivity (Wildman–Crippen MR) is 241 cm³/mol. The van der Waals surface area contributed by atoms with Gasteiger partial charge in [0.2, 0.25) is 0 Å². The first kappa shape index (κ1) is 40.9. The van der Waals surface area contributed by atoms with Crippen molar-refractivity contribution in [1.29, 1.82) is 0 Å². The van der Waals surface area contributed by atoms with Crippen LogP contribution in [-0.4, -0.2) is 25.6 Å². The van der Waals surface area contributed by atoms with Gasteiger partial charge in [0, 0.05) is 0 Å². The first-order valence-electron chi connectivity index (χ1n) is 19.7. The Morgan fingerprint density at radius 1 is 0.547 bits per heavy atom. The van der Waals surface area contributed by atoms with E-state index in [0.717, 1.165) is 4.95 Å². The van der Waals surface area contributed by atoms with Crippen LogP contribution in [0.2, 0.25) is 39.3 Å². The van der Waals surface area contributed by atoms with Crippen molar-refractivity contribution in [3.8, 4) is 22.3 Å². The molecule has 2 aliphatic carbocycles. The molecule has 0 saturated carbocycles. The molecule has 0 radical (unpaired) electrons. The maximum atomic E-state index is 9.15. The molecule has 0 N–H and O–H groups in total. The average Bonchev–Trinajstić information content (AvgIpc) is 3.67. The monoisotopic (exact) mass is 854 g/mol. The normalized spacial score (nSPS) is 18.2. The predicted octanol–water partition coefficient (Wildman–Crippen LogP) is 14.4. The average molecular weight is 857 g/mol. The molecule has 4 aromatic carbocycles. The number of hydrogen-bond donors (Lipinski definition) is 0. The SMILES string of the molecule is Cc1cccc(-c2cccc3c2C=C(C(C)C)[CH]3[Zr]([Cl])([Cl])([BH]N([Si](C)(C)C)[Si](C)(C)C)[CH]2C(C(C)C)=Cc3c(-c4cccc(C)c4C)cccc32)c1C. The third kappa shape index (κ3) is 7.12. The Kier molecular flexibility index (Phi) is 11.1. The molecule has 53 heavy (non-hydrogen) atoms. The van der Waals surface area contributed by atoms with Crippen LogP contribution in [0.3, 0.4) is 0 Å². The van der Waals surface area contributed by atoms with Crippen molar-refractivity contribution < 1.29 is 16.2 Å². The second kappa shape index (κ2) is 14.3. The van der Waals surface area contributed by atoms with Crippen LogP contribution < -0.4 is 0 Å². The van der Waals surface area contributed by atoms with Crippen LogP contribution >= 0.6 is 17.0 Å². The summed E-state index contributed by atoms with van der Waals surface area (Å²) in [5.41, 5.74) is 18.7. The molecule has 0 aliphatic heterocycles. The summed E-state index contributed by atoms with van der Waals surface area (Å²) in [7, 11) is 14.6. The maximum absolute atomic E-state index is 9.15. The van der Waals surface area contributed by atoms with Gasteiger partial charge in [0.25, 0.3) is 0 Å². The van der Waals surface area contributed by atoms with Crippen LogP contribution in [0.5, 0.6) is 0 Å². The van der Waals surface area contributed by atoms with E-state index in [0.29, 0.717) is 11.8 Å². The molecule has 279 valence electrons. The number of aryl methyl sites for hydroxylation is 2. The fourth-order valence-corrected chi connectivity index (χ4v) is 52.4. The van der Waals surface area contributed by atoms with E-state index in [9.17, 15) is 0 Å². The van der Waals surface area contributed by atoms with Gasteiger partial charge in [-0.25, -0.2) is 0 Å². The van der Waals surface area contributed by atoms with E-state index in [1.807, 2.05) is 0 Å². The summed E-state index contributed by atoms with van der Waals surface area (Å²) in [6.07, 6.45) is 5.04. The number of nitrogens with zero attached hydrogens (tertiary/aromatic N) is 1. The third-order valence-electron chi connectivity index (χ3n) is 12.6. The first-order chi connectivity index (χ1) is 24.6. The number of allylic oxidation sites excluding steroid dienone is 2. The summed E-state index contributed by atoms with van der Waals surface area (Å²) in [4.78, 5) is 0.805. The molecule has 4 aromatic rings. The molecule has 0 saturated heterocycles. The van der Waals surface area contributed by atoms with Crippen molar-refractivity contribution in [1.82, 2.24) is 4.14 Å². The first-order valence-corrected chi connectivity index (χ1v) is 37.5. The molecule has 0 heterocycles. The van der Waals surface area contributed by atoms with Gasteiger partial charge in [-0.05, 0) is 0 Å². The Balaban J connectivity index is 1.71. The fraction of sp³-hybridized carbons (Fsp3) is 0.391. The van der Waals surface area contributed by atoms with Crippen molar-refractivity contribution >= 4 is 50.6 Å². The van der Waals surface area contributed by atoms with Gasteiger partial charge in [0.15, 0.2) is 0 Å². The molecule has 6 rings (SSSR count). The quantitative estimate of drug-likeness (QED) is 0.144. The number of halogens is 2. The second-order valence-corrected chi connectivity index (χ2v) is 51.0. The van der Waals surface area contributed by atoms with E-state index in [-0.39, 0.29) is 7.25 Å². The molecule has 0 aromatic heterocycles. The molecule has 0 fully saturated rings. The Morgan fingerprint density at radius 3 is 1.23 bits per heavy atom. The molecule has 0 amide bonds. The second-order valence-electron chi connectivity index (χ2n) is 18.9. The summed E-state index contributed by atoms with van der Waals surface area (Å²) in [6.45, 7) is 33.5. The van der Waals surface area contributed by atoms with Crippen molar-refractivity contribution in [3.63, 3.8) is 0 Å². The van der Waals surface area contributed by atoms with Gasteiger partial charge in [-0.2, -0.15) is 0 Å². The van der Waals surface area contributed by atoms with Gasteiger partial charge in [0.1, 0.15) is 0 Å². The molecule has 1 nitrogen and oxygen atoms in total. The molecule has 7 heteroatoms. The topological polar surface area (TPSA) is 3.24 Å². The van der Waals surface area contributed by atoms with Crippen LogP contribution in [0.4, 0.5) is 0 Å². The molecule has 2 atom stereocenters. The Labute approximate surface area is 332 Å². The van der Waals surface area contributed by atoms with E-state index < -0.39 is 32.6 Å². The zero-order valence-corrected chi connectivity index (χ0v) is 40.8. The molecular weight excluding hydrogens is 796 g/mol. The molecular formula is C46H61BCl2NSi2Zr. The minimum absolute atomic E-state index is 0.0162. The van der Waals surface area contributed by atoms with E-state index in [1.165, 1.54) is 77.9 Å². The van der Waals surface area contributed by atoms with Gasteiger partial charge in [0.05, 0.1) is 0 Å². The summed E-state index contributed by atoms with van der Waals surface area (Å²) in [5, 5.41) is 0. The number of hydrogen-bond acceptors (Lipinski definition) is 1. The fourth-order valence-electron chi connectivity index (χ4n) is 9.85. The summed E-state index contributed by atoms with van der Waals surface area (Å²) < 4.78 is 2.90. The zero-order valence-electron chi connectivity index (χ0n) is 34.8. The molecule has 2 aliphatic rings. The van der Waals surface area contributed by atoms with Crippen LogP contribution in [-0.2, 0) is 16.2 Å². The van der Waals surface area contributed by atoms with Crippen LogP contribution in [0.15, 0.2) is 83.9 Å². The zero-order chi connectivity index (χ0) is 39.0. The molecule has 0 spiro atoms. The van der Waals surface area contributed by atoms with Crippen molar-refractivity contribution in [2.75, 3.05) is 0 Å². The van der Waals surface area contributed by atoms with Gasteiger partial charge in [-0.3, -0.25) is 0 Å². The molecule has 0 bridgehead atoms. The van der Waals surface area contributed by atoms with Gasteiger partial charge in [-0.15, -0.1) is 0 Å². The standard InChI is InChI=1S/2C20H21.C6H19BNSi2.2ClH.Zr/c2*1-13(2)17-11-16-8-6-10-19(20(16)12-17)18-9-5-7-14(3)15(18)4;1-9(2,3)8(7)10(4,5)6;;;/h2*5-13H,1-4H3;7H,1-6H3;2*1H;/q;;+1;;;+1/p-2. The Hall–Kier alpha value is -1.72. The number of rotatable bonds is 10. The van der Waals surface area contributed by atoms with Gasteiger partial charge >= 0.3 is 335 Å². The van der Waals surface area contributed by atoms with Gasteiger partial charge in [-0.1, -0.05) is 0 Å². The van der Waals surface area contributed by atoms with E-state index in [4.69, 9.17) is 17.0 Å². The van der Waals surface area contributed by atoms with E-state index >= 15 is 0 Å². The van der Waals surface area contributed by atoms with Gasteiger partial charge < -0.3 is 0 Å². The molecule has 2 unspecified atom stereocenters. The van der Waals surface area contributed by atoms with Crippen molar-refractivity contribution in [3.05, 3.63) is 128 Å². The summed E-state index contributed by atoms with van der Waals surface area (Å²) in [5.74, 6) is 0.593. The summed E-state index contributed by atoms with van der Waals surface area (Å²) >= 11 is -5.33. The van der Waals surface area contributed by atoms with Crippen molar-refractivity contribution in [2.24, 2.45) is 11.8 Å². The van der Waals surface area contributed by atoms with E-state index in [2.05, 4.69) is 184 Å². The van der Waals surface area contributed by atoms with Crippen LogP contribution in [0.25, 0.3) is 34.4 Å².